The number of fused-ring (bicyclic) bond motifs is 2. The van der Waals surface area contributed by atoms with E-state index in [0.717, 1.165) is 19.3 Å². The number of nitriles is 1. The monoisotopic (exact) mass is 499 g/mol. The zero-order valence-corrected chi connectivity index (χ0v) is 20.6. The molecule has 1 saturated carbocycles. The molecule has 1 unspecified atom stereocenters. The van der Waals surface area contributed by atoms with Gasteiger partial charge in [-0.3, -0.25) is 9.69 Å². The highest BCUT2D eigenvalue weighted by molar-refractivity contribution is 6.29. The number of hydrogen-bond donors (Lipinski definition) is 1. The minimum absolute atomic E-state index is 0.0170. The van der Waals surface area contributed by atoms with Gasteiger partial charge in [0.25, 0.3) is 0 Å². The molecular formula is C25H27ClFN5O3. The topological polar surface area (TPSA) is 108 Å². The van der Waals surface area contributed by atoms with Crippen molar-refractivity contribution in [2.75, 3.05) is 0 Å². The van der Waals surface area contributed by atoms with Gasteiger partial charge in [-0.25, -0.2) is 9.18 Å². The van der Waals surface area contributed by atoms with Gasteiger partial charge in [0.15, 0.2) is 5.15 Å². The highest BCUT2D eigenvalue weighted by Crippen LogP contribution is 2.43. The second-order valence-electron chi connectivity index (χ2n) is 10.0. The lowest BCUT2D eigenvalue weighted by molar-refractivity contribution is -0.128. The Kier molecular flexibility index (Phi) is 6.95. The zero-order valence-electron chi connectivity index (χ0n) is 19.8. The summed E-state index contributed by atoms with van der Waals surface area (Å²) in [4.78, 5) is 27.5. The number of carbonyl (C=O) groups excluding carboxylic acids is 2. The molecule has 2 aromatic rings. The molecule has 2 fully saturated rings. The third kappa shape index (κ3) is 5.54. The number of piperidine rings is 1. The quantitative estimate of drug-likeness (QED) is 0.658. The van der Waals surface area contributed by atoms with E-state index in [1.165, 1.54) is 11.0 Å². The Morgan fingerprint density at radius 1 is 1.29 bits per heavy atom. The van der Waals surface area contributed by atoms with Crippen LogP contribution in [0.2, 0.25) is 5.15 Å². The van der Waals surface area contributed by atoms with Crippen LogP contribution in [0, 0.1) is 23.1 Å². The summed E-state index contributed by atoms with van der Waals surface area (Å²) >= 11 is 5.75. The second kappa shape index (κ2) is 9.78. The van der Waals surface area contributed by atoms with Gasteiger partial charge in [-0.1, -0.05) is 23.7 Å². The number of ether oxygens (including phenoxy) is 1. The Morgan fingerprint density at radius 2 is 2.06 bits per heavy atom. The summed E-state index contributed by atoms with van der Waals surface area (Å²) in [5, 5.41) is 20.3. The number of carbonyl (C=O) groups is 2. The molecule has 35 heavy (non-hydrogen) atoms. The molecule has 1 aromatic heterocycles. The maximum atomic E-state index is 14.8. The molecule has 10 heteroatoms. The largest absolute Gasteiger partial charge is 0.444 e. The standard InChI is InChI=1S/C25H27ClFN5O3/c1-25(2,3)35-24(34)32-18-7-6-16(11-18)22(32)23(33)29-17(13-28)10-14-4-5-15(12-19(14)27)20-8-9-21(26)31-30-20/h4-5,8-9,12,16-18,22H,6-7,10-11H2,1-3H3,(H,29,33)/t16-,17?,18+,22-/m0/s1. The molecule has 1 saturated heterocycles. The van der Waals surface area contributed by atoms with Crippen LogP contribution in [-0.4, -0.2) is 50.8 Å². The van der Waals surface area contributed by atoms with Crippen LogP contribution in [0.15, 0.2) is 30.3 Å². The molecule has 0 radical (unpaired) electrons. The van der Waals surface area contributed by atoms with Crippen molar-refractivity contribution in [3.8, 4) is 17.3 Å². The summed E-state index contributed by atoms with van der Waals surface area (Å²) in [6.07, 6.45) is 1.85. The lowest BCUT2D eigenvalue weighted by atomic mass is 9.97. The number of nitrogens with zero attached hydrogens (tertiary/aromatic N) is 4. The number of rotatable bonds is 5. The first-order valence-corrected chi connectivity index (χ1v) is 11.9. The molecule has 4 atom stereocenters. The first-order chi connectivity index (χ1) is 16.6. The summed E-state index contributed by atoms with van der Waals surface area (Å²) in [6, 6.07) is 8.07. The normalized spacial score (nSPS) is 21.9. The SMILES string of the molecule is CC(C)(C)OC(=O)N1[C@@H]2CC[C@@H](C2)[C@H]1C(=O)NC(C#N)Cc1ccc(-c2ccc(Cl)nn2)cc1F. The number of benzene rings is 1. The molecule has 2 bridgehead atoms. The van der Waals surface area contributed by atoms with E-state index in [-0.39, 0.29) is 29.1 Å². The van der Waals surface area contributed by atoms with Gasteiger partial charge in [-0.05, 0) is 69.7 Å². The number of aromatic nitrogens is 2. The van der Waals surface area contributed by atoms with Gasteiger partial charge in [0.2, 0.25) is 5.91 Å². The fraction of sp³-hybridized carbons (Fsp3) is 0.480. The van der Waals surface area contributed by atoms with E-state index in [2.05, 4.69) is 15.5 Å². The summed E-state index contributed by atoms with van der Waals surface area (Å²) < 4.78 is 20.4. The Balaban J connectivity index is 1.45. The Labute approximate surface area is 208 Å². The predicted octanol–water partition coefficient (Wildman–Crippen LogP) is 4.27. The summed E-state index contributed by atoms with van der Waals surface area (Å²) in [7, 11) is 0. The number of likely N-dealkylation sites (tertiary alicyclic amines) is 1. The Bertz CT molecular complexity index is 1160. The molecule has 1 aliphatic heterocycles. The summed E-state index contributed by atoms with van der Waals surface area (Å²) in [5.74, 6) is -0.921. The van der Waals surface area contributed by atoms with Gasteiger partial charge in [0, 0.05) is 18.0 Å². The van der Waals surface area contributed by atoms with Gasteiger partial charge >= 0.3 is 6.09 Å². The van der Waals surface area contributed by atoms with Crippen molar-refractivity contribution in [3.05, 3.63) is 46.9 Å². The number of hydrogen-bond acceptors (Lipinski definition) is 6. The van der Waals surface area contributed by atoms with Crippen LogP contribution in [0.1, 0.15) is 45.6 Å². The van der Waals surface area contributed by atoms with E-state index in [9.17, 15) is 19.2 Å². The van der Waals surface area contributed by atoms with Crippen LogP contribution < -0.4 is 5.32 Å². The van der Waals surface area contributed by atoms with Crippen molar-refractivity contribution >= 4 is 23.6 Å². The molecule has 0 spiro atoms. The number of halogens is 2. The number of amides is 2. The molecular weight excluding hydrogens is 473 g/mol. The minimum Gasteiger partial charge on any atom is -0.444 e. The summed E-state index contributed by atoms with van der Waals surface area (Å²) in [5.41, 5.74) is 0.571. The molecule has 8 nitrogen and oxygen atoms in total. The van der Waals surface area contributed by atoms with Crippen LogP contribution in [0.5, 0.6) is 0 Å². The van der Waals surface area contributed by atoms with Crippen molar-refractivity contribution < 1.29 is 18.7 Å². The highest BCUT2D eigenvalue weighted by Gasteiger charge is 2.52. The van der Waals surface area contributed by atoms with Crippen LogP contribution >= 0.6 is 11.6 Å². The fourth-order valence-electron chi connectivity index (χ4n) is 4.85. The molecule has 2 heterocycles. The average Bonchev–Trinajstić information content (AvgIpc) is 3.41. The maximum Gasteiger partial charge on any atom is 0.411 e. The van der Waals surface area contributed by atoms with Crippen LogP contribution in [-0.2, 0) is 16.0 Å². The first-order valence-electron chi connectivity index (χ1n) is 11.5. The van der Waals surface area contributed by atoms with E-state index in [1.54, 1.807) is 45.0 Å². The fourth-order valence-corrected chi connectivity index (χ4v) is 4.95. The molecule has 2 aliphatic rings. The van der Waals surface area contributed by atoms with E-state index in [1.807, 2.05) is 6.07 Å². The molecule has 1 N–H and O–H groups in total. The Morgan fingerprint density at radius 3 is 2.69 bits per heavy atom. The van der Waals surface area contributed by atoms with E-state index in [0.29, 0.717) is 11.3 Å². The van der Waals surface area contributed by atoms with Crippen molar-refractivity contribution in [2.24, 2.45) is 5.92 Å². The maximum absolute atomic E-state index is 14.8. The predicted molar refractivity (Wildman–Crippen MR) is 127 cm³/mol. The van der Waals surface area contributed by atoms with Crippen molar-refractivity contribution in [1.82, 2.24) is 20.4 Å². The van der Waals surface area contributed by atoms with Crippen LogP contribution in [0.4, 0.5) is 9.18 Å². The third-order valence-electron chi connectivity index (χ3n) is 6.34. The highest BCUT2D eigenvalue weighted by atomic mass is 35.5. The lowest BCUT2D eigenvalue weighted by Gasteiger charge is -2.35. The van der Waals surface area contributed by atoms with Gasteiger partial charge in [0.1, 0.15) is 23.5 Å². The van der Waals surface area contributed by atoms with Gasteiger partial charge < -0.3 is 10.1 Å². The van der Waals surface area contributed by atoms with Crippen molar-refractivity contribution in [2.45, 2.75) is 70.2 Å². The van der Waals surface area contributed by atoms with Crippen molar-refractivity contribution in [1.29, 1.82) is 5.26 Å². The van der Waals surface area contributed by atoms with Gasteiger partial charge in [-0.2, -0.15) is 5.26 Å². The smallest absolute Gasteiger partial charge is 0.411 e. The van der Waals surface area contributed by atoms with Crippen molar-refractivity contribution in [3.63, 3.8) is 0 Å². The molecule has 2 amide bonds. The zero-order chi connectivity index (χ0) is 25.3. The lowest BCUT2D eigenvalue weighted by Crippen LogP contribution is -2.55. The van der Waals surface area contributed by atoms with Gasteiger partial charge in [-0.15, -0.1) is 10.2 Å². The molecule has 4 rings (SSSR count). The van der Waals surface area contributed by atoms with E-state index >= 15 is 0 Å². The summed E-state index contributed by atoms with van der Waals surface area (Å²) in [6.45, 7) is 5.33. The molecule has 1 aromatic carbocycles. The van der Waals surface area contributed by atoms with Gasteiger partial charge in [0.05, 0.1) is 11.8 Å². The third-order valence-corrected chi connectivity index (χ3v) is 6.54. The van der Waals surface area contributed by atoms with Crippen LogP contribution in [0.3, 0.4) is 0 Å². The van der Waals surface area contributed by atoms with E-state index < -0.39 is 35.5 Å². The molecule has 1 aliphatic carbocycles. The minimum atomic E-state index is -0.960. The average molecular weight is 500 g/mol. The second-order valence-corrected chi connectivity index (χ2v) is 10.4. The first kappa shape index (κ1) is 24.9. The Hall–Kier alpha value is -3.25. The molecule has 184 valence electrons. The van der Waals surface area contributed by atoms with E-state index in [4.69, 9.17) is 16.3 Å². The number of nitrogens with one attached hydrogen (secondary N) is 1. The van der Waals surface area contributed by atoms with Crippen LogP contribution in [0.25, 0.3) is 11.3 Å².